The van der Waals surface area contributed by atoms with Gasteiger partial charge in [-0.3, -0.25) is 14.6 Å². The first-order chi connectivity index (χ1) is 15.9. The molecule has 2 N–H and O–H groups in total. The number of amides is 1. The van der Waals surface area contributed by atoms with Crippen molar-refractivity contribution in [3.8, 4) is 5.88 Å². The van der Waals surface area contributed by atoms with Gasteiger partial charge in [-0.1, -0.05) is 13.8 Å². The first-order valence-corrected chi connectivity index (χ1v) is 10.9. The van der Waals surface area contributed by atoms with Crippen LogP contribution in [0, 0.1) is 0 Å². The van der Waals surface area contributed by atoms with Gasteiger partial charge in [-0.05, 0) is 30.9 Å². The molecule has 0 saturated heterocycles. The van der Waals surface area contributed by atoms with Gasteiger partial charge in [0, 0.05) is 37.4 Å². The number of carbonyl (C=O) groups is 1. The van der Waals surface area contributed by atoms with Crippen LogP contribution in [0.15, 0.2) is 24.4 Å². The summed E-state index contributed by atoms with van der Waals surface area (Å²) in [5.74, 6) is 0.467. The minimum Gasteiger partial charge on any atom is -0.470 e. The highest BCUT2D eigenvalue weighted by atomic mass is 19.1. The van der Waals surface area contributed by atoms with Crippen LogP contribution in [-0.2, 0) is 18.4 Å². The number of hydrogen-bond donors (Lipinski definition) is 2. The van der Waals surface area contributed by atoms with Crippen molar-refractivity contribution in [2.75, 3.05) is 12.4 Å². The molecule has 10 nitrogen and oxygen atoms in total. The number of aryl methyl sites for hydroxylation is 1. The van der Waals surface area contributed by atoms with E-state index in [2.05, 4.69) is 30.8 Å². The molecular formula is C22H28FN7O3. The second-order valence-corrected chi connectivity index (χ2v) is 8.53. The lowest BCUT2D eigenvalue weighted by Crippen LogP contribution is -2.23. The van der Waals surface area contributed by atoms with Gasteiger partial charge in [-0.25, -0.2) is 4.39 Å². The summed E-state index contributed by atoms with van der Waals surface area (Å²) in [6, 6.07) is 5.24. The molecule has 4 rings (SSSR count). The number of aromatic nitrogens is 6. The average Bonchev–Trinajstić information content (AvgIpc) is 3.48. The summed E-state index contributed by atoms with van der Waals surface area (Å²) < 4.78 is 27.3. The Morgan fingerprint density at radius 3 is 2.94 bits per heavy atom. The van der Waals surface area contributed by atoms with Crippen molar-refractivity contribution in [2.45, 2.75) is 57.4 Å². The van der Waals surface area contributed by atoms with E-state index in [1.165, 1.54) is 4.68 Å². The third kappa shape index (κ3) is 5.03. The maximum atomic E-state index is 14.8. The van der Waals surface area contributed by atoms with Crippen LogP contribution in [-0.4, -0.2) is 55.5 Å². The zero-order chi connectivity index (χ0) is 23.5. The van der Waals surface area contributed by atoms with Crippen molar-refractivity contribution in [1.29, 1.82) is 0 Å². The first-order valence-electron chi connectivity index (χ1n) is 10.9. The number of H-pyrrole nitrogens is 1. The van der Waals surface area contributed by atoms with E-state index in [1.807, 2.05) is 19.9 Å². The molecule has 1 aliphatic rings. The minimum absolute atomic E-state index is 0.118. The fourth-order valence-corrected chi connectivity index (χ4v) is 4.07. The van der Waals surface area contributed by atoms with Gasteiger partial charge in [0.2, 0.25) is 5.88 Å². The Hall–Kier alpha value is -3.34. The molecule has 3 heterocycles. The molecule has 1 aliphatic carbocycles. The van der Waals surface area contributed by atoms with Gasteiger partial charge in [0.05, 0.1) is 18.5 Å². The second kappa shape index (κ2) is 9.65. The molecule has 0 spiro atoms. The molecule has 0 bridgehead atoms. The molecule has 33 heavy (non-hydrogen) atoms. The number of nitrogens with one attached hydrogen (secondary N) is 2. The van der Waals surface area contributed by atoms with Gasteiger partial charge < -0.3 is 14.8 Å². The van der Waals surface area contributed by atoms with E-state index < -0.39 is 12.3 Å². The molecule has 0 radical (unpaired) electrons. The maximum absolute atomic E-state index is 14.8. The highest BCUT2D eigenvalue weighted by Gasteiger charge is 2.38. The second-order valence-electron chi connectivity index (χ2n) is 8.53. The van der Waals surface area contributed by atoms with Crippen LogP contribution < -0.4 is 10.1 Å². The zero-order valence-corrected chi connectivity index (χ0v) is 19.1. The lowest BCUT2D eigenvalue weighted by molar-refractivity contribution is 0.101. The largest absolute Gasteiger partial charge is 0.470 e. The summed E-state index contributed by atoms with van der Waals surface area (Å²) in [7, 11) is 3.25. The molecule has 11 heteroatoms. The van der Waals surface area contributed by atoms with E-state index >= 15 is 0 Å². The molecule has 0 aliphatic heterocycles. The van der Waals surface area contributed by atoms with Crippen LogP contribution in [0.5, 0.6) is 5.88 Å². The molecule has 3 atom stereocenters. The van der Waals surface area contributed by atoms with Gasteiger partial charge in [0.15, 0.2) is 5.82 Å². The first kappa shape index (κ1) is 22.8. The third-order valence-electron chi connectivity index (χ3n) is 5.77. The van der Waals surface area contributed by atoms with E-state index in [0.29, 0.717) is 42.5 Å². The summed E-state index contributed by atoms with van der Waals surface area (Å²) in [6.45, 7) is 4.37. The van der Waals surface area contributed by atoms with Crippen molar-refractivity contribution in [1.82, 2.24) is 30.2 Å². The third-order valence-corrected chi connectivity index (χ3v) is 5.77. The number of carbonyl (C=O) groups excluding carboxylic acids is 1. The molecule has 1 amide bonds. The summed E-state index contributed by atoms with van der Waals surface area (Å²) in [6.07, 6.45) is 0.593. The fourth-order valence-electron chi connectivity index (χ4n) is 4.07. The minimum atomic E-state index is -1.15. The number of aromatic amines is 1. The fraction of sp³-hybridized carbons (Fsp3) is 0.500. The van der Waals surface area contributed by atoms with Crippen molar-refractivity contribution >= 4 is 11.7 Å². The molecule has 1 fully saturated rings. The number of alkyl halides is 1. The Balaban J connectivity index is 1.40. The van der Waals surface area contributed by atoms with Gasteiger partial charge in [-0.2, -0.15) is 15.3 Å². The SMILES string of the molecule is COCc1cc(C(=O)Nc2cc([C@@H]3C[C@H](Oc4nnccc4C(C)C)[C@@H](F)C3)[nH]n2)n(C)n1. The molecule has 0 unspecified atom stereocenters. The topological polar surface area (TPSA) is 120 Å². The van der Waals surface area contributed by atoms with Crippen LogP contribution in [0.2, 0.25) is 0 Å². The van der Waals surface area contributed by atoms with Crippen molar-refractivity contribution in [2.24, 2.45) is 7.05 Å². The lowest BCUT2D eigenvalue weighted by atomic mass is 10.0. The zero-order valence-electron chi connectivity index (χ0n) is 19.1. The van der Waals surface area contributed by atoms with Crippen LogP contribution in [0.1, 0.15) is 66.0 Å². The summed E-state index contributed by atoms with van der Waals surface area (Å²) in [5.41, 5.74) is 2.68. The number of rotatable bonds is 8. The van der Waals surface area contributed by atoms with E-state index in [1.54, 1.807) is 32.5 Å². The average molecular weight is 458 g/mol. The number of ether oxygens (including phenoxy) is 2. The van der Waals surface area contributed by atoms with Gasteiger partial charge in [-0.15, -0.1) is 5.10 Å². The predicted octanol–water partition coefficient (Wildman–Crippen LogP) is 3.12. The molecule has 3 aromatic heterocycles. The Kier molecular flexibility index (Phi) is 6.68. The highest BCUT2D eigenvalue weighted by molar-refractivity contribution is 6.02. The predicted molar refractivity (Wildman–Crippen MR) is 118 cm³/mol. The summed E-state index contributed by atoms with van der Waals surface area (Å²) in [4.78, 5) is 12.6. The molecular weight excluding hydrogens is 429 g/mol. The Morgan fingerprint density at radius 2 is 2.18 bits per heavy atom. The Labute approximate surface area is 190 Å². The van der Waals surface area contributed by atoms with E-state index in [9.17, 15) is 9.18 Å². The molecule has 3 aromatic rings. The standard InChI is InChI=1S/C22H28FN7O3/c1-12(2)15-5-6-24-28-22(15)33-19-8-13(7-16(19)23)17-10-20(27-26-17)25-21(31)18-9-14(11-32-4)29-30(18)3/h5-6,9-10,12-13,16,19H,7-8,11H2,1-4H3,(H2,25,26,27,31)/t13-,16-,19-/m0/s1. The van der Waals surface area contributed by atoms with E-state index in [4.69, 9.17) is 9.47 Å². The van der Waals surface area contributed by atoms with E-state index in [-0.39, 0.29) is 17.7 Å². The van der Waals surface area contributed by atoms with Crippen molar-refractivity contribution in [3.63, 3.8) is 0 Å². The van der Waals surface area contributed by atoms with Crippen molar-refractivity contribution in [3.05, 3.63) is 47.0 Å². The monoisotopic (exact) mass is 457 g/mol. The summed E-state index contributed by atoms with van der Waals surface area (Å²) >= 11 is 0. The molecule has 176 valence electrons. The van der Waals surface area contributed by atoms with Crippen LogP contribution in [0.3, 0.4) is 0 Å². The van der Waals surface area contributed by atoms with Gasteiger partial charge in [0.25, 0.3) is 5.91 Å². The van der Waals surface area contributed by atoms with Crippen LogP contribution in [0.4, 0.5) is 10.2 Å². The normalized spacial score (nSPS) is 20.4. The van der Waals surface area contributed by atoms with Gasteiger partial charge in [0.1, 0.15) is 18.0 Å². The number of halogens is 1. The number of hydrogen-bond acceptors (Lipinski definition) is 7. The van der Waals surface area contributed by atoms with Crippen LogP contribution in [0.25, 0.3) is 0 Å². The highest BCUT2D eigenvalue weighted by Crippen LogP contribution is 2.39. The quantitative estimate of drug-likeness (QED) is 0.533. The number of methoxy groups -OCH3 is 1. The summed E-state index contributed by atoms with van der Waals surface area (Å²) in [5, 5.41) is 22.0. The number of anilines is 1. The smallest absolute Gasteiger partial charge is 0.275 e. The molecule has 1 saturated carbocycles. The number of nitrogens with zero attached hydrogens (tertiary/aromatic N) is 5. The van der Waals surface area contributed by atoms with Gasteiger partial charge >= 0.3 is 0 Å². The van der Waals surface area contributed by atoms with Crippen molar-refractivity contribution < 1.29 is 18.7 Å². The molecule has 0 aromatic carbocycles. The Morgan fingerprint density at radius 1 is 1.36 bits per heavy atom. The Bertz CT molecular complexity index is 1110. The van der Waals surface area contributed by atoms with Crippen LogP contribution >= 0.6 is 0 Å². The maximum Gasteiger partial charge on any atom is 0.275 e. The lowest BCUT2D eigenvalue weighted by Gasteiger charge is -2.18. The van der Waals surface area contributed by atoms with E-state index in [0.717, 1.165) is 11.3 Å².